The van der Waals surface area contributed by atoms with Gasteiger partial charge in [0.05, 0.1) is 0 Å². The van der Waals surface area contributed by atoms with Crippen molar-refractivity contribution in [2.75, 3.05) is 0 Å². The van der Waals surface area contributed by atoms with Crippen LogP contribution in [-0.4, -0.2) is 21.4 Å². The number of hydrogen-bond donors (Lipinski definition) is 2. The first-order chi connectivity index (χ1) is 4.00. The van der Waals surface area contributed by atoms with E-state index in [9.17, 15) is 0 Å². The van der Waals surface area contributed by atoms with E-state index >= 15 is 0 Å². The van der Waals surface area contributed by atoms with Crippen LogP contribution in [0.5, 0.6) is 0 Å². The summed E-state index contributed by atoms with van der Waals surface area (Å²) in [5.41, 5.74) is 0. The summed E-state index contributed by atoms with van der Waals surface area (Å²) in [4.78, 5) is 0. The molecule has 0 aliphatic carbocycles. The molecule has 0 aromatic rings. The van der Waals surface area contributed by atoms with Gasteiger partial charge in [0.2, 0.25) is 0 Å². The third kappa shape index (κ3) is 2870. The molecule has 0 atom stereocenters. The molecule has 0 saturated carbocycles. The normalized spacial score (nSPS) is 11.6. The van der Waals surface area contributed by atoms with E-state index in [1.54, 1.807) is 0 Å². The van der Waals surface area contributed by atoms with Crippen LogP contribution in [0.2, 0.25) is 0 Å². The molecule has 6 nitrogen and oxygen atoms in total. The van der Waals surface area contributed by atoms with Gasteiger partial charge in [-0.1, -0.05) is 0 Å². The molecule has 0 amide bonds. The Morgan fingerprint density at radius 3 is 1.10 bits per heavy atom. The summed E-state index contributed by atoms with van der Waals surface area (Å²) in [5.74, 6) is 0. The predicted octanol–water partition coefficient (Wildman–Crippen LogP) is -0.543. The van der Waals surface area contributed by atoms with Crippen molar-refractivity contribution in [3.8, 4) is 0 Å². The van der Waals surface area contributed by atoms with E-state index in [-0.39, 0.29) is 0 Å². The van der Waals surface area contributed by atoms with Gasteiger partial charge in [-0.2, -0.15) is 16.8 Å². The minimum absolute atomic E-state index is 3.72. The summed E-state index contributed by atoms with van der Waals surface area (Å²) >= 11 is 0. The molecule has 64 valence electrons. The molecule has 0 aliphatic heterocycles. The van der Waals surface area contributed by atoms with Crippen molar-refractivity contribution < 1.29 is 21.4 Å². The Kier molecular flexibility index (Phi) is 5.62. The number of hydrogen-bond acceptors (Lipinski definition) is 4. The molecule has 0 bridgehead atoms. The molecular formula is H3Cl2NO5S2. The summed E-state index contributed by atoms with van der Waals surface area (Å²) in [5, 5.41) is 3.88. The molecule has 10 heteroatoms. The average molecular weight is 232 g/mol. The van der Waals surface area contributed by atoms with Gasteiger partial charge < -0.3 is 0 Å². The number of halogens is 2. The standard InChI is InChI=1S/Cl2O2S.H3NO3S/c2*1-5(2,3)4/h;(H3,1,2,3,4). The Bertz CT molecular complexity index is 214. The molecule has 0 aromatic carbocycles. The Hall–Kier alpha value is 0.400. The van der Waals surface area contributed by atoms with Gasteiger partial charge in [-0.15, -0.1) is 0 Å². The van der Waals surface area contributed by atoms with Crippen molar-refractivity contribution in [1.82, 2.24) is 0 Å². The first kappa shape index (κ1) is 13.0. The molecule has 0 radical (unpaired) electrons. The highest BCUT2D eigenvalue weighted by atomic mass is 36.0. The van der Waals surface area contributed by atoms with Gasteiger partial charge >= 0.3 is 18.6 Å². The fraction of sp³-hybridized carbons (Fsp3) is 0. The van der Waals surface area contributed by atoms with E-state index in [0.29, 0.717) is 0 Å². The topological polar surface area (TPSA) is 115 Å². The minimum Gasteiger partial charge on any atom is -0.274 e. The van der Waals surface area contributed by atoms with E-state index < -0.39 is 18.6 Å². The first-order valence-corrected chi connectivity index (χ1v) is 6.03. The van der Waals surface area contributed by atoms with Crippen LogP contribution in [0.4, 0.5) is 0 Å². The van der Waals surface area contributed by atoms with Crippen LogP contribution in [0.15, 0.2) is 0 Å². The third-order valence-corrected chi connectivity index (χ3v) is 0. The lowest BCUT2D eigenvalue weighted by atomic mass is 13.9. The van der Waals surface area contributed by atoms with E-state index in [1.165, 1.54) is 0 Å². The van der Waals surface area contributed by atoms with Gasteiger partial charge in [0.15, 0.2) is 0 Å². The Labute approximate surface area is 66.7 Å². The van der Waals surface area contributed by atoms with Crippen LogP contribution >= 0.6 is 21.4 Å². The largest absolute Gasteiger partial charge is 0.330 e. The van der Waals surface area contributed by atoms with Crippen LogP contribution in [0.3, 0.4) is 0 Å². The monoisotopic (exact) mass is 231 g/mol. The minimum atomic E-state index is -4.17. The molecular weight excluding hydrogens is 229 g/mol. The van der Waals surface area contributed by atoms with Gasteiger partial charge in [0.1, 0.15) is 0 Å². The maximum Gasteiger partial charge on any atom is 0.330 e. The molecule has 0 aromatic heterocycles. The van der Waals surface area contributed by atoms with E-state index in [2.05, 4.69) is 26.5 Å². The molecule has 0 fully saturated rings. The predicted molar refractivity (Wildman–Crippen MR) is 36.4 cm³/mol. The second-order valence-electron chi connectivity index (χ2n) is 0.893. The van der Waals surface area contributed by atoms with E-state index in [4.69, 9.17) is 21.4 Å². The van der Waals surface area contributed by atoms with Crippen molar-refractivity contribution in [3.63, 3.8) is 0 Å². The van der Waals surface area contributed by atoms with Crippen LogP contribution in [0.25, 0.3) is 0 Å². The van der Waals surface area contributed by atoms with Crippen LogP contribution in [-0.2, 0) is 18.6 Å². The Morgan fingerprint density at radius 1 is 1.10 bits per heavy atom. The zero-order valence-electron chi connectivity index (χ0n) is 4.23. The van der Waals surface area contributed by atoms with Crippen molar-refractivity contribution >= 4 is 39.9 Å². The van der Waals surface area contributed by atoms with Crippen LogP contribution in [0.1, 0.15) is 0 Å². The molecule has 0 aliphatic rings. The van der Waals surface area contributed by atoms with Crippen LogP contribution < -0.4 is 5.14 Å². The molecule has 0 unspecified atom stereocenters. The summed E-state index contributed by atoms with van der Waals surface area (Å²) in [6.45, 7) is 0. The molecule has 0 saturated heterocycles. The smallest absolute Gasteiger partial charge is 0.274 e. The number of nitrogens with two attached hydrogens (primary N) is 1. The van der Waals surface area contributed by atoms with Crippen molar-refractivity contribution in [3.05, 3.63) is 0 Å². The van der Waals surface area contributed by atoms with Gasteiger partial charge in [-0.25, -0.2) is 5.14 Å². The van der Waals surface area contributed by atoms with Gasteiger partial charge in [-0.3, -0.25) is 4.55 Å². The lowest BCUT2D eigenvalue weighted by Gasteiger charge is -1.70. The van der Waals surface area contributed by atoms with Crippen LogP contribution in [0, 0.1) is 0 Å². The average Bonchev–Trinajstić information content (AvgIpc) is 1.12. The van der Waals surface area contributed by atoms with Crippen molar-refractivity contribution in [2.24, 2.45) is 5.14 Å². The molecule has 0 rings (SSSR count). The Morgan fingerprint density at radius 2 is 1.10 bits per heavy atom. The molecule has 0 spiro atoms. The zero-order valence-corrected chi connectivity index (χ0v) is 7.37. The maximum atomic E-state index is 9.16. The second-order valence-corrected chi connectivity index (χ2v) is 5.59. The zero-order chi connectivity index (χ0) is 9.00. The summed E-state index contributed by atoms with van der Waals surface area (Å²) in [6.07, 6.45) is 0. The summed E-state index contributed by atoms with van der Waals surface area (Å²) < 4.78 is 43.5. The first-order valence-electron chi connectivity index (χ1n) is 1.39. The Balaban J connectivity index is 0. The highest BCUT2D eigenvalue weighted by Gasteiger charge is 1.88. The van der Waals surface area contributed by atoms with Gasteiger partial charge in [0.25, 0.3) is 0 Å². The fourth-order valence-corrected chi connectivity index (χ4v) is 0. The highest BCUT2D eigenvalue weighted by Crippen LogP contribution is 1.98. The van der Waals surface area contributed by atoms with E-state index in [1.807, 2.05) is 0 Å². The van der Waals surface area contributed by atoms with E-state index in [0.717, 1.165) is 0 Å². The van der Waals surface area contributed by atoms with Crippen molar-refractivity contribution in [1.29, 1.82) is 0 Å². The quantitative estimate of drug-likeness (QED) is 0.429. The fourth-order valence-electron chi connectivity index (χ4n) is 0. The summed E-state index contributed by atoms with van der Waals surface area (Å²) in [7, 11) is 0.647. The second kappa shape index (κ2) is 4.31. The van der Waals surface area contributed by atoms with Gasteiger partial charge in [-0.05, 0) is 0 Å². The maximum absolute atomic E-state index is 9.16. The SMILES string of the molecule is NS(=O)(=O)O.O=S(=O)(Cl)Cl. The highest BCUT2D eigenvalue weighted by molar-refractivity contribution is 8.31. The lowest BCUT2D eigenvalue weighted by Crippen LogP contribution is -2.08. The van der Waals surface area contributed by atoms with Crippen molar-refractivity contribution in [2.45, 2.75) is 0 Å². The third-order valence-electron chi connectivity index (χ3n) is 0. The molecule has 10 heavy (non-hydrogen) atoms. The number of rotatable bonds is 0. The lowest BCUT2D eigenvalue weighted by molar-refractivity contribution is 0.485. The summed E-state index contributed by atoms with van der Waals surface area (Å²) in [6, 6.07) is 0. The molecule has 0 heterocycles. The van der Waals surface area contributed by atoms with Gasteiger partial charge in [0, 0.05) is 21.4 Å². The molecule has 3 N–H and O–H groups in total.